The van der Waals surface area contributed by atoms with Gasteiger partial charge in [0.05, 0.1) is 7.11 Å². The molecular weight excluding hydrogens is 380 g/mol. The van der Waals surface area contributed by atoms with E-state index in [1.807, 2.05) is 6.07 Å². The molecule has 4 heterocycles. The second-order valence-electron chi connectivity index (χ2n) is 6.75. The molecule has 0 atom stereocenters. The molecule has 0 aliphatic carbocycles. The van der Waals surface area contributed by atoms with E-state index in [0.717, 1.165) is 0 Å². The van der Waals surface area contributed by atoms with Gasteiger partial charge in [0, 0.05) is 56.2 Å². The number of likely N-dealkylation sites (tertiary alicyclic amines) is 1. The summed E-state index contributed by atoms with van der Waals surface area (Å²) in [5.41, 5.74) is 0.840. The minimum absolute atomic E-state index is 0.00169. The lowest BCUT2D eigenvalue weighted by Gasteiger charge is -2.31. The summed E-state index contributed by atoms with van der Waals surface area (Å²) in [6.45, 7) is 0.00338. The van der Waals surface area contributed by atoms with Gasteiger partial charge in [-0.05, 0) is 18.2 Å². The molecular formula is C20H19F2N5O2. The van der Waals surface area contributed by atoms with E-state index < -0.39 is 5.92 Å². The van der Waals surface area contributed by atoms with Gasteiger partial charge in [0.1, 0.15) is 17.3 Å². The van der Waals surface area contributed by atoms with Crippen LogP contribution in [-0.2, 0) is 0 Å². The van der Waals surface area contributed by atoms with Crippen LogP contribution in [0, 0.1) is 0 Å². The molecule has 1 aliphatic rings. The second-order valence-corrected chi connectivity index (χ2v) is 6.75. The monoisotopic (exact) mass is 399 g/mol. The van der Waals surface area contributed by atoms with Gasteiger partial charge in [0.15, 0.2) is 0 Å². The third-order valence-electron chi connectivity index (χ3n) is 4.81. The number of ether oxygens (including phenoxy) is 1. The van der Waals surface area contributed by atoms with E-state index in [4.69, 9.17) is 4.74 Å². The average molecular weight is 399 g/mol. The summed E-state index contributed by atoms with van der Waals surface area (Å²) in [4.78, 5) is 27.3. The topological polar surface area (TPSA) is 73.1 Å². The molecule has 0 aromatic carbocycles. The summed E-state index contributed by atoms with van der Waals surface area (Å²) in [6.07, 6.45) is 4.14. The number of carbonyl (C=O) groups is 1. The summed E-state index contributed by atoms with van der Waals surface area (Å²) in [6, 6.07) is 8.88. The summed E-state index contributed by atoms with van der Waals surface area (Å²) in [5.74, 6) is -1.59. The van der Waals surface area contributed by atoms with E-state index in [1.165, 1.54) is 12.0 Å². The number of nitrogens with zero attached hydrogens (tertiary/aromatic N) is 5. The van der Waals surface area contributed by atoms with Crippen LogP contribution in [0.25, 0.3) is 17.2 Å². The van der Waals surface area contributed by atoms with Crippen molar-refractivity contribution in [2.24, 2.45) is 0 Å². The number of imidazole rings is 1. The Kier molecular flexibility index (Phi) is 4.96. The van der Waals surface area contributed by atoms with Crippen LogP contribution in [0.1, 0.15) is 23.3 Å². The number of hydrogen-bond donors (Lipinski definition) is 0. The van der Waals surface area contributed by atoms with Gasteiger partial charge in [-0.3, -0.25) is 9.36 Å². The molecule has 9 heteroatoms. The number of piperidine rings is 1. The van der Waals surface area contributed by atoms with Crippen molar-refractivity contribution in [2.75, 3.05) is 20.2 Å². The fourth-order valence-corrected chi connectivity index (χ4v) is 3.19. The molecule has 0 spiro atoms. The highest BCUT2D eigenvalue weighted by Gasteiger charge is 2.36. The van der Waals surface area contributed by atoms with E-state index in [2.05, 4.69) is 15.0 Å². The van der Waals surface area contributed by atoms with E-state index in [0.29, 0.717) is 23.1 Å². The first-order valence-corrected chi connectivity index (χ1v) is 9.15. The Labute approximate surface area is 166 Å². The second kappa shape index (κ2) is 7.57. The molecule has 0 N–H and O–H groups in total. The van der Waals surface area contributed by atoms with Gasteiger partial charge in [0.25, 0.3) is 11.8 Å². The summed E-state index contributed by atoms with van der Waals surface area (Å²) in [5, 5.41) is 0. The Morgan fingerprint density at radius 1 is 1.14 bits per heavy atom. The van der Waals surface area contributed by atoms with E-state index in [-0.39, 0.29) is 37.5 Å². The van der Waals surface area contributed by atoms with E-state index in [9.17, 15) is 13.6 Å². The van der Waals surface area contributed by atoms with Crippen molar-refractivity contribution in [1.29, 1.82) is 0 Å². The van der Waals surface area contributed by atoms with Crippen LogP contribution in [0.5, 0.6) is 5.88 Å². The maximum Gasteiger partial charge on any atom is 0.274 e. The number of methoxy groups -OCH3 is 1. The number of amides is 1. The van der Waals surface area contributed by atoms with Gasteiger partial charge in [0.2, 0.25) is 5.88 Å². The number of halogens is 2. The van der Waals surface area contributed by atoms with Gasteiger partial charge in [-0.1, -0.05) is 6.07 Å². The Morgan fingerprint density at radius 3 is 2.55 bits per heavy atom. The molecule has 150 valence electrons. The third-order valence-corrected chi connectivity index (χ3v) is 4.81. The molecule has 4 rings (SSSR count). The summed E-state index contributed by atoms with van der Waals surface area (Å²) in [7, 11) is 1.52. The molecule has 0 saturated carbocycles. The zero-order valence-corrected chi connectivity index (χ0v) is 15.8. The minimum Gasteiger partial charge on any atom is -0.481 e. The van der Waals surface area contributed by atoms with Crippen molar-refractivity contribution < 1.29 is 18.3 Å². The predicted octanol–water partition coefficient (Wildman–Crippen LogP) is 3.21. The molecule has 1 fully saturated rings. The van der Waals surface area contributed by atoms with Gasteiger partial charge in [-0.2, -0.15) is 0 Å². The third kappa shape index (κ3) is 3.94. The van der Waals surface area contributed by atoms with Crippen LogP contribution in [0.2, 0.25) is 0 Å². The highest BCUT2D eigenvalue weighted by molar-refractivity contribution is 5.93. The Morgan fingerprint density at radius 2 is 1.93 bits per heavy atom. The lowest BCUT2D eigenvalue weighted by molar-refractivity contribution is -0.0495. The first kappa shape index (κ1) is 19.0. The maximum atomic E-state index is 13.4. The smallest absolute Gasteiger partial charge is 0.274 e. The van der Waals surface area contributed by atoms with Crippen LogP contribution >= 0.6 is 0 Å². The summed E-state index contributed by atoms with van der Waals surface area (Å²) >= 11 is 0. The molecule has 1 saturated heterocycles. The van der Waals surface area contributed by atoms with Gasteiger partial charge < -0.3 is 9.64 Å². The Bertz CT molecular complexity index is 995. The SMILES string of the molecule is COc1ccc(-c2nc(C(=O)N3CCC(F)(F)CC3)cn2-c2ccccn2)cn1. The summed E-state index contributed by atoms with van der Waals surface area (Å²) < 4.78 is 33.6. The van der Waals surface area contributed by atoms with Crippen LogP contribution < -0.4 is 4.74 Å². The highest BCUT2D eigenvalue weighted by Crippen LogP contribution is 2.29. The molecule has 1 amide bonds. The number of aromatic nitrogens is 4. The quantitative estimate of drug-likeness (QED) is 0.674. The van der Waals surface area contributed by atoms with Crippen molar-refractivity contribution in [3.63, 3.8) is 0 Å². The van der Waals surface area contributed by atoms with Crippen molar-refractivity contribution in [2.45, 2.75) is 18.8 Å². The van der Waals surface area contributed by atoms with Gasteiger partial charge >= 0.3 is 0 Å². The van der Waals surface area contributed by atoms with Crippen molar-refractivity contribution >= 4 is 5.91 Å². The van der Waals surface area contributed by atoms with Gasteiger partial charge in [-0.25, -0.2) is 23.7 Å². The van der Waals surface area contributed by atoms with E-state index in [1.54, 1.807) is 47.4 Å². The maximum absolute atomic E-state index is 13.4. The molecule has 0 unspecified atom stereocenters. The Hall–Kier alpha value is -3.36. The standard InChI is InChI=1S/C20H19F2N5O2/c1-29-17-6-5-14(12-24-17)18-25-15(13-27(18)16-4-2-3-9-23-16)19(28)26-10-7-20(21,22)8-11-26/h2-6,9,12-13H,7-8,10-11H2,1H3. The molecule has 3 aromatic heterocycles. The Balaban J connectivity index is 1.70. The lowest BCUT2D eigenvalue weighted by atomic mass is 10.1. The highest BCUT2D eigenvalue weighted by atomic mass is 19.3. The number of hydrogen-bond acceptors (Lipinski definition) is 5. The molecule has 0 radical (unpaired) electrons. The number of pyridine rings is 2. The minimum atomic E-state index is -2.72. The van der Waals surface area contributed by atoms with Crippen LogP contribution in [0.4, 0.5) is 8.78 Å². The van der Waals surface area contributed by atoms with Crippen molar-refractivity contribution in [1.82, 2.24) is 24.4 Å². The zero-order chi connectivity index (χ0) is 20.4. The van der Waals surface area contributed by atoms with Crippen molar-refractivity contribution in [3.8, 4) is 23.1 Å². The fourth-order valence-electron chi connectivity index (χ4n) is 3.19. The fraction of sp³-hybridized carbons (Fsp3) is 0.300. The normalized spacial score (nSPS) is 15.9. The van der Waals surface area contributed by atoms with Crippen LogP contribution in [-0.4, -0.2) is 56.4 Å². The largest absolute Gasteiger partial charge is 0.481 e. The number of rotatable bonds is 4. The molecule has 1 aliphatic heterocycles. The predicted molar refractivity (Wildman–Crippen MR) is 101 cm³/mol. The first-order valence-electron chi connectivity index (χ1n) is 9.15. The first-order chi connectivity index (χ1) is 14.0. The number of carbonyl (C=O) groups excluding carboxylic acids is 1. The molecule has 29 heavy (non-hydrogen) atoms. The van der Waals surface area contributed by atoms with E-state index >= 15 is 0 Å². The molecule has 3 aromatic rings. The molecule has 0 bridgehead atoms. The van der Waals surface area contributed by atoms with Crippen LogP contribution in [0.15, 0.2) is 48.9 Å². The number of alkyl halides is 2. The van der Waals surface area contributed by atoms with Gasteiger partial charge in [-0.15, -0.1) is 0 Å². The van der Waals surface area contributed by atoms with Crippen LogP contribution in [0.3, 0.4) is 0 Å². The molecule has 7 nitrogen and oxygen atoms in total. The average Bonchev–Trinajstić information content (AvgIpc) is 3.19. The van der Waals surface area contributed by atoms with Crippen molar-refractivity contribution in [3.05, 3.63) is 54.6 Å². The lowest BCUT2D eigenvalue weighted by Crippen LogP contribution is -2.42. The zero-order valence-electron chi connectivity index (χ0n) is 15.8.